The predicted molar refractivity (Wildman–Crippen MR) is 77.6 cm³/mol. The van der Waals surface area contributed by atoms with E-state index < -0.39 is 5.97 Å². The van der Waals surface area contributed by atoms with Crippen LogP contribution in [0.5, 0.6) is 0 Å². The van der Waals surface area contributed by atoms with Crippen molar-refractivity contribution in [1.82, 2.24) is 4.98 Å². The van der Waals surface area contributed by atoms with E-state index in [0.717, 1.165) is 24.9 Å². The number of hydrogen-bond donors (Lipinski definition) is 2. The van der Waals surface area contributed by atoms with Crippen LogP contribution >= 0.6 is 0 Å². The number of nitrogens with zero attached hydrogens (tertiary/aromatic N) is 1. The molecule has 0 aliphatic heterocycles. The number of benzene rings is 1. The summed E-state index contributed by atoms with van der Waals surface area (Å²) in [5, 5.41) is 11.7. The number of aromatic nitrogens is 1. The summed E-state index contributed by atoms with van der Waals surface area (Å²) < 4.78 is 0. The van der Waals surface area contributed by atoms with Crippen LogP contribution in [0.4, 0.5) is 5.69 Å². The summed E-state index contributed by atoms with van der Waals surface area (Å²) in [7, 11) is 0. The minimum absolute atomic E-state index is 0.142. The van der Waals surface area contributed by atoms with Gasteiger partial charge in [0.05, 0.1) is 0 Å². The number of aromatic carboxylic acids is 1. The third-order valence-electron chi connectivity index (χ3n) is 3.60. The molecule has 5 nitrogen and oxygen atoms in total. The lowest BCUT2D eigenvalue weighted by Crippen LogP contribution is -2.13. The molecule has 2 aromatic rings. The van der Waals surface area contributed by atoms with Crippen molar-refractivity contribution < 1.29 is 14.7 Å². The number of aryl methyl sites for hydroxylation is 2. The maximum atomic E-state index is 12.2. The standard InChI is InChI=1S/C16H14N2O3/c19-15(12-6-7-17-14(9-12)16(20)21)18-13-5-4-10-2-1-3-11(10)8-13/h4-9H,1-3H2,(H,18,19)(H,20,21). The monoisotopic (exact) mass is 282 g/mol. The van der Waals surface area contributed by atoms with E-state index >= 15 is 0 Å². The molecule has 1 heterocycles. The van der Waals surface area contributed by atoms with Gasteiger partial charge in [0.15, 0.2) is 0 Å². The molecule has 106 valence electrons. The quantitative estimate of drug-likeness (QED) is 0.906. The lowest BCUT2D eigenvalue weighted by molar-refractivity contribution is 0.0690. The van der Waals surface area contributed by atoms with Gasteiger partial charge in [0.2, 0.25) is 0 Å². The van der Waals surface area contributed by atoms with E-state index in [-0.39, 0.29) is 17.2 Å². The highest BCUT2D eigenvalue weighted by Gasteiger charge is 2.14. The number of carbonyl (C=O) groups is 2. The average molecular weight is 282 g/mol. The molecule has 0 spiro atoms. The van der Waals surface area contributed by atoms with Gasteiger partial charge in [0.1, 0.15) is 5.69 Å². The summed E-state index contributed by atoms with van der Waals surface area (Å²) in [4.78, 5) is 26.7. The first kappa shape index (κ1) is 13.3. The number of fused-ring (bicyclic) bond motifs is 1. The first-order valence-corrected chi connectivity index (χ1v) is 6.76. The van der Waals surface area contributed by atoms with Gasteiger partial charge in [0, 0.05) is 17.4 Å². The Morgan fingerprint density at radius 1 is 1.10 bits per heavy atom. The van der Waals surface area contributed by atoms with Gasteiger partial charge in [-0.05, 0) is 54.7 Å². The van der Waals surface area contributed by atoms with Gasteiger partial charge in [-0.2, -0.15) is 0 Å². The number of hydrogen-bond acceptors (Lipinski definition) is 3. The van der Waals surface area contributed by atoms with Crippen LogP contribution in [0.1, 0.15) is 38.4 Å². The van der Waals surface area contributed by atoms with Gasteiger partial charge in [0.25, 0.3) is 5.91 Å². The molecule has 0 saturated heterocycles. The number of pyridine rings is 1. The molecule has 21 heavy (non-hydrogen) atoms. The predicted octanol–water partition coefficient (Wildman–Crippen LogP) is 2.52. The minimum Gasteiger partial charge on any atom is -0.477 e. The number of nitrogens with one attached hydrogen (secondary N) is 1. The summed E-state index contributed by atoms with van der Waals surface area (Å²) in [6.45, 7) is 0. The smallest absolute Gasteiger partial charge is 0.354 e. The SMILES string of the molecule is O=C(Nc1ccc2c(c1)CCC2)c1ccnc(C(=O)O)c1. The fourth-order valence-electron chi connectivity index (χ4n) is 2.54. The van der Waals surface area contributed by atoms with Gasteiger partial charge in [-0.25, -0.2) is 9.78 Å². The van der Waals surface area contributed by atoms with Crippen molar-refractivity contribution >= 4 is 17.6 Å². The lowest BCUT2D eigenvalue weighted by Gasteiger charge is -2.08. The molecule has 0 saturated carbocycles. The van der Waals surface area contributed by atoms with Crippen LogP contribution in [0.15, 0.2) is 36.5 Å². The van der Waals surface area contributed by atoms with Gasteiger partial charge < -0.3 is 10.4 Å². The molecule has 0 atom stereocenters. The van der Waals surface area contributed by atoms with E-state index in [4.69, 9.17) is 5.11 Å². The highest BCUT2D eigenvalue weighted by Crippen LogP contribution is 2.25. The minimum atomic E-state index is -1.15. The second-order valence-corrected chi connectivity index (χ2v) is 5.03. The van der Waals surface area contributed by atoms with Gasteiger partial charge in [-0.3, -0.25) is 4.79 Å². The molecule has 1 aliphatic rings. The molecule has 0 unspecified atom stereocenters. The van der Waals surface area contributed by atoms with Crippen LogP contribution in [-0.2, 0) is 12.8 Å². The number of carboxylic acid groups (broad SMARTS) is 1. The fraction of sp³-hybridized carbons (Fsp3) is 0.188. The van der Waals surface area contributed by atoms with Gasteiger partial charge in [-0.1, -0.05) is 6.07 Å². The van der Waals surface area contributed by atoms with Crippen molar-refractivity contribution in [3.63, 3.8) is 0 Å². The molecule has 1 aromatic heterocycles. The molecular weight excluding hydrogens is 268 g/mol. The van der Waals surface area contributed by atoms with E-state index in [0.29, 0.717) is 0 Å². The third-order valence-corrected chi connectivity index (χ3v) is 3.60. The Labute approximate surface area is 121 Å². The van der Waals surface area contributed by atoms with Gasteiger partial charge in [-0.15, -0.1) is 0 Å². The lowest BCUT2D eigenvalue weighted by atomic mass is 10.1. The van der Waals surface area contributed by atoms with Crippen LogP contribution in [-0.4, -0.2) is 22.0 Å². The number of amides is 1. The van der Waals surface area contributed by atoms with Crippen LogP contribution in [0, 0.1) is 0 Å². The average Bonchev–Trinajstić information content (AvgIpc) is 2.95. The molecule has 1 aromatic carbocycles. The van der Waals surface area contributed by atoms with E-state index in [2.05, 4.69) is 10.3 Å². The fourth-order valence-corrected chi connectivity index (χ4v) is 2.54. The molecule has 0 radical (unpaired) electrons. The summed E-state index contributed by atoms with van der Waals surface area (Å²) >= 11 is 0. The number of carbonyl (C=O) groups excluding carboxylic acids is 1. The first-order chi connectivity index (χ1) is 10.1. The molecule has 0 fully saturated rings. The number of rotatable bonds is 3. The van der Waals surface area contributed by atoms with Crippen LogP contribution in [0.3, 0.4) is 0 Å². The maximum Gasteiger partial charge on any atom is 0.354 e. The van der Waals surface area contributed by atoms with Gasteiger partial charge >= 0.3 is 5.97 Å². The van der Waals surface area contributed by atoms with E-state index in [1.54, 1.807) is 0 Å². The summed E-state index contributed by atoms with van der Waals surface area (Å²) in [6.07, 6.45) is 4.60. The van der Waals surface area contributed by atoms with Crippen molar-refractivity contribution in [1.29, 1.82) is 0 Å². The van der Waals surface area contributed by atoms with Crippen molar-refractivity contribution in [3.05, 3.63) is 58.9 Å². The molecule has 1 aliphatic carbocycles. The zero-order valence-corrected chi connectivity index (χ0v) is 11.3. The largest absolute Gasteiger partial charge is 0.477 e. The second-order valence-electron chi connectivity index (χ2n) is 5.03. The highest BCUT2D eigenvalue weighted by atomic mass is 16.4. The Balaban J connectivity index is 1.80. The Kier molecular flexibility index (Phi) is 3.39. The Morgan fingerprint density at radius 2 is 1.90 bits per heavy atom. The molecule has 3 rings (SSSR count). The van der Waals surface area contributed by atoms with E-state index in [1.807, 2.05) is 18.2 Å². The summed E-state index contributed by atoms with van der Waals surface area (Å²) in [5.41, 5.74) is 3.48. The summed E-state index contributed by atoms with van der Waals surface area (Å²) in [6, 6.07) is 8.66. The van der Waals surface area contributed by atoms with Crippen molar-refractivity contribution in [2.45, 2.75) is 19.3 Å². The van der Waals surface area contributed by atoms with Crippen molar-refractivity contribution in [3.8, 4) is 0 Å². The zero-order valence-electron chi connectivity index (χ0n) is 11.3. The topological polar surface area (TPSA) is 79.3 Å². The normalized spacial score (nSPS) is 12.8. The van der Waals surface area contributed by atoms with Crippen LogP contribution in [0.2, 0.25) is 0 Å². The highest BCUT2D eigenvalue weighted by molar-refractivity contribution is 6.05. The molecule has 5 heteroatoms. The van der Waals surface area contributed by atoms with Crippen LogP contribution in [0.25, 0.3) is 0 Å². The molecular formula is C16H14N2O3. The summed E-state index contributed by atoms with van der Waals surface area (Å²) in [5.74, 6) is -1.49. The van der Waals surface area contributed by atoms with Crippen molar-refractivity contribution in [2.75, 3.05) is 5.32 Å². The molecule has 2 N–H and O–H groups in total. The van der Waals surface area contributed by atoms with Crippen molar-refractivity contribution in [2.24, 2.45) is 0 Å². The van der Waals surface area contributed by atoms with E-state index in [1.165, 1.54) is 29.5 Å². The number of carboxylic acids is 1. The number of anilines is 1. The first-order valence-electron chi connectivity index (χ1n) is 6.76. The molecule has 0 bridgehead atoms. The van der Waals surface area contributed by atoms with Crippen LogP contribution < -0.4 is 5.32 Å². The van der Waals surface area contributed by atoms with E-state index in [9.17, 15) is 9.59 Å². The maximum absolute atomic E-state index is 12.2. The second kappa shape index (κ2) is 5.36. The molecule has 1 amide bonds. The third kappa shape index (κ3) is 2.76. The Bertz CT molecular complexity index is 725. The Morgan fingerprint density at radius 3 is 2.71 bits per heavy atom. The Hall–Kier alpha value is -2.69. The zero-order chi connectivity index (χ0) is 14.8.